The molecule has 47 valence electrons. The Morgan fingerprint density at radius 2 is 2.38 bits per heavy atom. The number of carbonyl (C=O) groups is 1. The molecule has 3 heteroatoms. The molecule has 0 spiro atoms. The number of carboxylic acid groups (broad SMARTS) is 1. The third kappa shape index (κ3) is 3.61. The van der Waals surface area contributed by atoms with Crippen LogP contribution in [0.2, 0.25) is 0 Å². The Balaban J connectivity index is 3.24. The van der Waals surface area contributed by atoms with E-state index in [1.54, 1.807) is 6.92 Å². The summed E-state index contributed by atoms with van der Waals surface area (Å²) in [5.74, 6) is -1.13. The molecule has 3 nitrogen and oxygen atoms in total. The van der Waals surface area contributed by atoms with Gasteiger partial charge in [0.05, 0.1) is 13.0 Å². The van der Waals surface area contributed by atoms with E-state index in [1.165, 1.54) is 0 Å². The maximum atomic E-state index is 9.84. The molecule has 0 rings (SSSR count). The minimum atomic E-state index is -0.886. The molecule has 0 saturated carbocycles. The van der Waals surface area contributed by atoms with Gasteiger partial charge in [-0.25, -0.2) is 0 Å². The molecule has 0 saturated heterocycles. The van der Waals surface area contributed by atoms with Crippen LogP contribution in [-0.4, -0.2) is 16.2 Å². The van der Waals surface area contributed by atoms with E-state index in [0.29, 0.717) is 0 Å². The fraction of sp³-hybridized carbons (Fsp3) is 0.600. The number of aliphatic hydroxyl groups is 1. The van der Waals surface area contributed by atoms with E-state index in [2.05, 4.69) is 0 Å². The second-order valence-electron chi connectivity index (χ2n) is 1.72. The molecule has 0 aliphatic carbocycles. The fourth-order valence-corrected chi connectivity index (χ4v) is 0.328. The van der Waals surface area contributed by atoms with Crippen LogP contribution in [0.4, 0.5) is 0 Å². The van der Waals surface area contributed by atoms with Crippen LogP contribution in [0, 0.1) is 12.5 Å². The van der Waals surface area contributed by atoms with Crippen LogP contribution in [-0.2, 0) is 4.79 Å². The summed E-state index contributed by atoms with van der Waals surface area (Å²) in [6, 6.07) is 0. The molecular weight excluding hydrogens is 108 g/mol. The van der Waals surface area contributed by atoms with Crippen LogP contribution in [0.3, 0.4) is 0 Å². The molecule has 0 heterocycles. The molecule has 0 bridgehead atoms. The Hall–Kier alpha value is -0.570. The third-order valence-electron chi connectivity index (χ3n) is 0.751. The van der Waals surface area contributed by atoms with Crippen LogP contribution < -0.4 is 0 Å². The Morgan fingerprint density at radius 1 is 1.88 bits per heavy atom. The van der Waals surface area contributed by atoms with Crippen molar-refractivity contribution in [2.45, 2.75) is 13.3 Å². The maximum absolute atomic E-state index is 9.84. The normalized spacial score (nSPS) is 13.2. The SMILES string of the molecule is CC([CH]O)CC(=O)O. The molecular formula is C5H9O3. The first kappa shape index (κ1) is 7.43. The van der Waals surface area contributed by atoms with E-state index >= 15 is 0 Å². The van der Waals surface area contributed by atoms with Gasteiger partial charge in [0.15, 0.2) is 0 Å². The molecule has 0 aromatic carbocycles. The summed E-state index contributed by atoms with van der Waals surface area (Å²) in [6.07, 6.45) is -0.00347. The van der Waals surface area contributed by atoms with Gasteiger partial charge in [-0.05, 0) is 5.92 Å². The summed E-state index contributed by atoms with van der Waals surface area (Å²) in [5, 5.41) is 16.3. The molecule has 0 fully saturated rings. The van der Waals surface area contributed by atoms with Crippen molar-refractivity contribution in [3.63, 3.8) is 0 Å². The predicted octanol–water partition coefficient (Wildman–Crippen LogP) is 0.631. The van der Waals surface area contributed by atoms with Crippen LogP contribution in [0.1, 0.15) is 13.3 Å². The number of rotatable bonds is 3. The van der Waals surface area contributed by atoms with E-state index in [1.807, 2.05) is 0 Å². The second-order valence-corrected chi connectivity index (χ2v) is 1.72. The van der Waals surface area contributed by atoms with Gasteiger partial charge in [-0.3, -0.25) is 4.79 Å². The summed E-state index contributed by atoms with van der Waals surface area (Å²) in [4.78, 5) is 9.84. The van der Waals surface area contributed by atoms with E-state index in [9.17, 15) is 4.79 Å². The van der Waals surface area contributed by atoms with E-state index in [0.717, 1.165) is 6.61 Å². The zero-order valence-corrected chi connectivity index (χ0v) is 4.66. The second kappa shape index (κ2) is 3.43. The van der Waals surface area contributed by atoms with Gasteiger partial charge in [0.2, 0.25) is 0 Å². The topological polar surface area (TPSA) is 57.5 Å². The van der Waals surface area contributed by atoms with Gasteiger partial charge >= 0.3 is 5.97 Å². The lowest BCUT2D eigenvalue weighted by Gasteiger charge is -1.99. The molecule has 0 amide bonds. The van der Waals surface area contributed by atoms with Crippen molar-refractivity contribution in [3.8, 4) is 0 Å². The first-order valence-corrected chi connectivity index (χ1v) is 2.36. The zero-order chi connectivity index (χ0) is 6.57. The Labute approximate surface area is 47.9 Å². The summed E-state index contributed by atoms with van der Waals surface area (Å²) >= 11 is 0. The maximum Gasteiger partial charge on any atom is 0.303 e. The van der Waals surface area contributed by atoms with Crippen molar-refractivity contribution in [3.05, 3.63) is 6.61 Å². The van der Waals surface area contributed by atoms with Crippen LogP contribution >= 0.6 is 0 Å². The lowest BCUT2D eigenvalue weighted by Crippen LogP contribution is -2.03. The largest absolute Gasteiger partial charge is 0.481 e. The van der Waals surface area contributed by atoms with Crippen LogP contribution in [0.25, 0.3) is 0 Å². The zero-order valence-electron chi connectivity index (χ0n) is 4.66. The predicted molar refractivity (Wildman–Crippen MR) is 27.7 cm³/mol. The summed E-state index contributed by atoms with van der Waals surface area (Å²) in [5.41, 5.74) is 0. The third-order valence-corrected chi connectivity index (χ3v) is 0.751. The average Bonchev–Trinajstić information content (AvgIpc) is 1.65. The Morgan fingerprint density at radius 3 is 2.50 bits per heavy atom. The van der Waals surface area contributed by atoms with Gasteiger partial charge < -0.3 is 10.2 Å². The highest BCUT2D eigenvalue weighted by atomic mass is 16.4. The average molecular weight is 117 g/mol. The Bertz CT molecular complexity index is 79.7. The van der Waals surface area contributed by atoms with Crippen molar-refractivity contribution >= 4 is 5.97 Å². The summed E-state index contributed by atoms with van der Waals surface area (Å²) in [7, 11) is 0. The van der Waals surface area contributed by atoms with Crippen molar-refractivity contribution in [1.82, 2.24) is 0 Å². The number of aliphatic hydroxyl groups excluding tert-OH is 1. The molecule has 0 aliphatic rings. The van der Waals surface area contributed by atoms with Crippen molar-refractivity contribution < 1.29 is 15.0 Å². The smallest absolute Gasteiger partial charge is 0.303 e. The highest BCUT2D eigenvalue weighted by molar-refractivity contribution is 5.67. The van der Waals surface area contributed by atoms with Gasteiger partial charge in [-0.1, -0.05) is 6.92 Å². The van der Waals surface area contributed by atoms with Gasteiger partial charge in [0.25, 0.3) is 0 Å². The first-order valence-electron chi connectivity index (χ1n) is 2.36. The van der Waals surface area contributed by atoms with Gasteiger partial charge in [0, 0.05) is 0 Å². The number of aliphatic carboxylic acids is 1. The monoisotopic (exact) mass is 117 g/mol. The highest BCUT2D eigenvalue weighted by Crippen LogP contribution is 2.01. The molecule has 0 aromatic heterocycles. The molecule has 0 aliphatic heterocycles. The highest BCUT2D eigenvalue weighted by Gasteiger charge is 2.04. The van der Waals surface area contributed by atoms with Gasteiger partial charge in [-0.2, -0.15) is 0 Å². The van der Waals surface area contributed by atoms with E-state index < -0.39 is 5.97 Å². The molecule has 0 aromatic rings. The fourth-order valence-electron chi connectivity index (χ4n) is 0.328. The standard InChI is InChI=1S/C5H9O3/c1-4(3-6)2-5(7)8/h3-4,6H,2H2,1H3,(H,7,8). The number of carboxylic acids is 1. The molecule has 1 radical (unpaired) electrons. The lowest BCUT2D eigenvalue weighted by molar-refractivity contribution is -0.137. The van der Waals surface area contributed by atoms with Gasteiger partial charge in [0.1, 0.15) is 0 Å². The quantitative estimate of drug-likeness (QED) is 0.570. The van der Waals surface area contributed by atoms with Crippen molar-refractivity contribution in [2.75, 3.05) is 0 Å². The molecule has 2 N–H and O–H groups in total. The Kier molecular flexibility index (Phi) is 3.19. The van der Waals surface area contributed by atoms with E-state index in [4.69, 9.17) is 10.2 Å². The number of hydrogen-bond acceptors (Lipinski definition) is 2. The van der Waals surface area contributed by atoms with E-state index in [-0.39, 0.29) is 12.3 Å². The van der Waals surface area contributed by atoms with Gasteiger partial charge in [-0.15, -0.1) is 0 Å². The number of hydrogen-bond donors (Lipinski definition) is 2. The van der Waals surface area contributed by atoms with Crippen LogP contribution in [0.15, 0.2) is 0 Å². The molecule has 1 atom stereocenters. The minimum Gasteiger partial charge on any atom is -0.481 e. The van der Waals surface area contributed by atoms with Crippen LogP contribution in [0.5, 0.6) is 0 Å². The van der Waals surface area contributed by atoms with Crippen molar-refractivity contribution in [2.24, 2.45) is 5.92 Å². The summed E-state index contributed by atoms with van der Waals surface area (Å²) in [6.45, 7) is 2.52. The lowest BCUT2D eigenvalue weighted by atomic mass is 10.1. The first-order chi connectivity index (χ1) is 3.66. The summed E-state index contributed by atoms with van der Waals surface area (Å²) < 4.78 is 0. The molecule has 8 heavy (non-hydrogen) atoms. The minimum absolute atomic E-state index is 0.00347. The molecule has 1 unspecified atom stereocenters. The van der Waals surface area contributed by atoms with Crippen molar-refractivity contribution in [1.29, 1.82) is 0 Å².